The number of hydrogen-bond donors (Lipinski definition) is 1. The molecule has 0 radical (unpaired) electrons. The fourth-order valence-corrected chi connectivity index (χ4v) is 4.28. The SMILES string of the molecule is Cc1ccc2c(c1)S[C@H](C(=O)N(CCN)Cc1ccccc1)C2.Cl. The van der Waals surface area contributed by atoms with E-state index in [1.54, 1.807) is 11.8 Å². The number of thioether (sulfide) groups is 1. The molecule has 0 saturated carbocycles. The fraction of sp³-hybridized carbons (Fsp3) is 0.316. The van der Waals surface area contributed by atoms with Crippen molar-refractivity contribution in [3.05, 3.63) is 65.2 Å². The average molecular weight is 363 g/mol. The topological polar surface area (TPSA) is 46.3 Å². The van der Waals surface area contributed by atoms with Crippen molar-refractivity contribution in [2.45, 2.75) is 30.0 Å². The first kappa shape index (κ1) is 18.8. The molecule has 3 rings (SSSR count). The van der Waals surface area contributed by atoms with Gasteiger partial charge in [0, 0.05) is 24.5 Å². The van der Waals surface area contributed by atoms with Crippen molar-refractivity contribution in [2.75, 3.05) is 13.1 Å². The highest BCUT2D eigenvalue weighted by molar-refractivity contribution is 8.01. The smallest absolute Gasteiger partial charge is 0.236 e. The Bertz CT molecular complexity index is 693. The molecule has 1 atom stereocenters. The number of amides is 1. The minimum Gasteiger partial charge on any atom is -0.336 e. The first-order chi connectivity index (χ1) is 11.2. The second kappa shape index (κ2) is 8.56. The summed E-state index contributed by atoms with van der Waals surface area (Å²) in [4.78, 5) is 16.1. The molecule has 0 spiro atoms. The molecular weight excluding hydrogens is 340 g/mol. The van der Waals surface area contributed by atoms with E-state index in [-0.39, 0.29) is 23.6 Å². The molecule has 0 aliphatic carbocycles. The van der Waals surface area contributed by atoms with Crippen molar-refractivity contribution in [3.8, 4) is 0 Å². The van der Waals surface area contributed by atoms with Gasteiger partial charge in [0.05, 0.1) is 5.25 Å². The Balaban J connectivity index is 0.00000208. The number of nitrogens with zero attached hydrogens (tertiary/aromatic N) is 1. The number of halogens is 1. The molecule has 0 bridgehead atoms. The van der Waals surface area contributed by atoms with Gasteiger partial charge in [-0.15, -0.1) is 24.2 Å². The van der Waals surface area contributed by atoms with E-state index in [2.05, 4.69) is 37.3 Å². The second-order valence-corrected chi connectivity index (χ2v) is 7.20. The van der Waals surface area contributed by atoms with Gasteiger partial charge in [0.2, 0.25) is 5.91 Å². The number of carbonyl (C=O) groups is 1. The molecule has 0 unspecified atom stereocenters. The molecule has 1 aliphatic rings. The van der Waals surface area contributed by atoms with Crippen molar-refractivity contribution >= 4 is 30.1 Å². The summed E-state index contributed by atoms with van der Waals surface area (Å²) in [5, 5.41) is -0.0259. The highest BCUT2D eigenvalue weighted by Crippen LogP contribution is 2.38. The van der Waals surface area contributed by atoms with Gasteiger partial charge in [-0.25, -0.2) is 0 Å². The van der Waals surface area contributed by atoms with E-state index in [1.165, 1.54) is 16.0 Å². The molecule has 2 aromatic carbocycles. The average Bonchev–Trinajstić information content (AvgIpc) is 2.98. The number of benzene rings is 2. The summed E-state index contributed by atoms with van der Waals surface area (Å²) in [7, 11) is 0. The first-order valence-electron chi connectivity index (χ1n) is 7.96. The van der Waals surface area contributed by atoms with Crippen molar-refractivity contribution in [2.24, 2.45) is 5.73 Å². The van der Waals surface area contributed by atoms with Crippen molar-refractivity contribution in [1.29, 1.82) is 0 Å². The molecule has 0 fully saturated rings. The van der Waals surface area contributed by atoms with Crippen LogP contribution in [0.5, 0.6) is 0 Å². The molecule has 1 heterocycles. The van der Waals surface area contributed by atoms with E-state index < -0.39 is 0 Å². The monoisotopic (exact) mass is 362 g/mol. The highest BCUT2D eigenvalue weighted by atomic mass is 35.5. The summed E-state index contributed by atoms with van der Waals surface area (Å²) in [5.41, 5.74) is 9.39. The van der Waals surface area contributed by atoms with Gasteiger partial charge < -0.3 is 10.6 Å². The van der Waals surface area contributed by atoms with Gasteiger partial charge >= 0.3 is 0 Å². The zero-order valence-electron chi connectivity index (χ0n) is 13.8. The lowest BCUT2D eigenvalue weighted by Crippen LogP contribution is -2.40. The number of fused-ring (bicyclic) bond motifs is 1. The van der Waals surface area contributed by atoms with E-state index in [1.807, 2.05) is 23.1 Å². The zero-order chi connectivity index (χ0) is 16.2. The van der Waals surface area contributed by atoms with Gasteiger partial charge in [-0.05, 0) is 30.5 Å². The van der Waals surface area contributed by atoms with E-state index in [0.29, 0.717) is 19.6 Å². The maximum absolute atomic E-state index is 12.9. The minimum absolute atomic E-state index is 0. The Morgan fingerprint density at radius 2 is 2.00 bits per heavy atom. The lowest BCUT2D eigenvalue weighted by atomic mass is 10.1. The number of nitrogens with two attached hydrogens (primary N) is 1. The summed E-state index contributed by atoms with van der Waals surface area (Å²) in [6, 6.07) is 16.5. The Morgan fingerprint density at radius 1 is 1.25 bits per heavy atom. The van der Waals surface area contributed by atoms with Crippen LogP contribution in [0.25, 0.3) is 0 Å². The maximum atomic E-state index is 12.9. The van der Waals surface area contributed by atoms with Crippen molar-refractivity contribution < 1.29 is 4.79 Å². The van der Waals surface area contributed by atoms with Gasteiger partial charge in [0.1, 0.15) is 0 Å². The molecule has 128 valence electrons. The molecule has 3 nitrogen and oxygen atoms in total. The second-order valence-electron chi connectivity index (χ2n) is 5.96. The summed E-state index contributed by atoms with van der Waals surface area (Å²) < 4.78 is 0. The van der Waals surface area contributed by atoms with E-state index in [9.17, 15) is 4.79 Å². The van der Waals surface area contributed by atoms with Crippen molar-refractivity contribution in [1.82, 2.24) is 4.90 Å². The number of aryl methyl sites for hydroxylation is 1. The van der Waals surface area contributed by atoms with Crippen LogP contribution in [0.4, 0.5) is 0 Å². The Kier molecular flexibility index (Phi) is 6.72. The van der Waals surface area contributed by atoms with Crippen LogP contribution in [0.15, 0.2) is 53.4 Å². The number of carbonyl (C=O) groups excluding carboxylic acids is 1. The van der Waals surface area contributed by atoms with Crippen LogP contribution in [-0.2, 0) is 17.8 Å². The third-order valence-electron chi connectivity index (χ3n) is 4.10. The van der Waals surface area contributed by atoms with Gasteiger partial charge in [-0.1, -0.05) is 48.0 Å². The molecule has 2 aromatic rings. The zero-order valence-corrected chi connectivity index (χ0v) is 15.4. The largest absolute Gasteiger partial charge is 0.336 e. The summed E-state index contributed by atoms with van der Waals surface area (Å²) >= 11 is 1.69. The van der Waals surface area contributed by atoms with Gasteiger partial charge in [0.15, 0.2) is 0 Å². The molecule has 1 amide bonds. The van der Waals surface area contributed by atoms with Gasteiger partial charge in [-0.2, -0.15) is 0 Å². The predicted octanol–water partition coefficient (Wildman–Crippen LogP) is 3.42. The van der Waals surface area contributed by atoms with Crippen LogP contribution < -0.4 is 5.73 Å². The van der Waals surface area contributed by atoms with Crippen LogP contribution in [0.2, 0.25) is 0 Å². The first-order valence-corrected chi connectivity index (χ1v) is 8.84. The maximum Gasteiger partial charge on any atom is 0.236 e. The Morgan fingerprint density at radius 3 is 2.71 bits per heavy atom. The van der Waals surface area contributed by atoms with E-state index in [4.69, 9.17) is 5.73 Å². The third kappa shape index (κ3) is 4.32. The Labute approximate surface area is 154 Å². The molecule has 2 N–H and O–H groups in total. The van der Waals surface area contributed by atoms with E-state index in [0.717, 1.165) is 12.0 Å². The normalized spacial score (nSPS) is 15.5. The quantitative estimate of drug-likeness (QED) is 0.886. The van der Waals surface area contributed by atoms with Crippen LogP contribution in [0, 0.1) is 6.92 Å². The Hall–Kier alpha value is -1.49. The fourth-order valence-electron chi connectivity index (χ4n) is 2.90. The molecule has 1 aliphatic heterocycles. The van der Waals surface area contributed by atoms with Crippen LogP contribution in [0.1, 0.15) is 16.7 Å². The summed E-state index contributed by atoms with van der Waals surface area (Å²) in [6.07, 6.45) is 0.814. The molecule has 0 aromatic heterocycles. The lowest BCUT2D eigenvalue weighted by Gasteiger charge is -2.25. The number of rotatable bonds is 5. The van der Waals surface area contributed by atoms with Crippen LogP contribution in [0.3, 0.4) is 0 Å². The molecule has 24 heavy (non-hydrogen) atoms. The van der Waals surface area contributed by atoms with E-state index >= 15 is 0 Å². The minimum atomic E-state index is -0.0259. The number of hydrogen-bond acceptors (Lipinski definition) is 3. The third-order valence-corrected chi connectivity index (χ3v) is 5.39. The van der Waals surface area contributed by atoms with Gasteiger partial charge in [-0.3, -0.25) is 4.79 Å². The molecule has 5 heteroatoms. The highest BCUT2D eigenvalue weighted by Gasteiger charge is 2.31. The summed E-state index contributed by atoms with van der Waals surface area (Å²) in [6.45, 7) is 3.80. The van der Waals surface area contributed by atoms with Crippen LogP contribution >= 0.6 is 24.2 Å². The predicted molar refractivity (Wildman–Crippen MR) is 103 cm³/mol. The molecular formula is C19H23ClN2OS. The van der Waals surface area contributed by atoms with Crippen LogP contribution in [-0.4, -0.2) is 29.1 Å². The lowest BCUT2D eigenvalue weighted by molar-refractivity contribution is -0.131. The standard InChI is InChI=1S/C19H22N2OS.ClH/c1-14-7-8-16-12-18(23-17(16)11-14)19(22)21(10-9-20)13-15-5-3-2-4-6-15;/h2-8,11,18H,9-10,12-13,20H2,1H3;1H/t18-;/m0./s1. The summed E-state index contributed by atoms with van der Waals surface area (Å²) in [5.74, 6) is 0.193. The van der Waals surface area contributed by atoms with Gasteiger partial charge in [0.25, 0.3) is 0 Å². The molecule has 0 saturated heterocycles. The van der Waals surface area contributed by atoms with Crippen molar-refractivity contribution in [3.63, 3.8) is 0 Å².